The topological polar surface area (TPSA) is 43.1 Å². The fraction of sp³-hybridized carbons (Fsp3) is 0.200. The van der Waals surface area contributed by atoms with Crippen LogP contribution >= 0.6 is 12.2 Å². The third-order valence-corrected chi connectivity index (χ3v) is 1.55. The molecule has 1 aromatic rings. The highest BCUT2D eigenvalue weighted by Crippen LogP contribution is 1.97. The third-order valence-electron chi connectivity index (χ3n) is 1.24. The van der Waals surface area contributed by atoms with E-state index in [1.807, 2.05) is 0 Å². The first-order valence-corrected chi connectivity index (χ1v) is 3.22. The van der Waals surface area contributed by atoms with Crippen LogP contribution < -0.4 is 0 Å². The summed E-state index contributed by atoms with van der Waals surface area (Å²) in [5.74, 6) is 0.719. The molecule has 2 heterocycles. The van der Waals surface area contributed by atoms with Crippen molar-refractivity contribution in [3.63, 3.8) is 0 Å². The number of hydrogen-bond donors (Lipinski definition) is 0. The van der Waals surface area contributed by atoms with E-state index in [1.54, 1.807) is 10.9 Å². The second kappa shape index (κ2) is 1.95. The summed E-state index contributed by atoms with van der Waals surface area (Å²) in [6.45, 7) is 0.547. The van der Waals surface area contributed by atoms with E-state index in [1.165, 1.54) is 6.33 Å². The highest BCUT2D eigenvalue weighted by molar-refractivity contribution is 7.80. The van der Waals surface area contributed by atoms with Crippen molar-refractivity contribution in [1.82, 2.24) is 14.8 Å². The molecule has 4 nitrogen and oxygen atoms in total. The van der Waals surface area contributed by atoms with Crippen LogP contribution in [0, 0.1) is 0 Å². The van der Waals surface area contributed by atoms with Crippen molar-refractivity contribution in [2.24, 2.45) is 4.99 Å². The summed E-state index contributed by atoms with van der Waals surface area (Å²) in [6, 6.07) is 0. The quantitative estimate of drug-likeness (QED) is 0.487. The Labute approximate surface area is 62.6 Å². The molecular formula is C5H4N4S. The monoisotopic (exact) mass is 152 g/mol. The maximum Gasteiger partial charge on any atom is 0.174 e. The lowest BCUT2D eigenvalue weighted by Crippen LogP contribution is -2.21. The lowest BCUT2D eigenvalue weighted by molar-refractivity contribution is 0.909. The molecule has 0 amide bonds. The van der Waals surface area contributed by atoms with Gasteiger partial charge in [-0.15, -0.1) is 0 Å². The second-order valence-electron chi connectivity index (χ2n) is 1.89. The van der Waals surface area contributed by atoms with Crippen molar-refractivity contribution >= 4 is 23.4 Å². The van der Waals surface area contributed by atoms with E-state index in [-0.39, 0.29) is 0 Å². The molecule has 0 fully saturated rings. The number of hydrogen-bond acceptors (Lipinski definition) is 4. The zero-order valence-corrected chi connectivity index (χ0v) is 5.88. The molecule has 0 saturated heterocycles. The summed E-state index contributed by atoms with van der Waals surface area (Å²) in [4.78, 5) is 8.61. The molecule has 5 heteroatoms. The molecule has 2 rings (SSSR count). The van der Waals surface area contributed by atoms with E-state index in [9.17, 15) is 0 Å². The predicted octanol–water partition coefficient (Wildman–Crippen LogP) is -0.114. The minimum Gasteiger partial charge on any atom is -0.282 e. The van der Waals surface area contributed by atoms with Crippen molar-refractivity contribution < 1.29 is 0 Å². The molecule has 1 aromatic heterocycles. The number of rotatable bonds is 0. The number of aromatic nitrogens is 3. The van der Waals surface area contributed by atoms with Gasteiger partial charge in [0.15, 0.2) is 5.82 Å². The first kappa shape index (κ1) is 5.67. The van der Waals surface area contributed by atoms with Crippen LogP contribution in [0.25, 0.3) is 0 Å². The van der Waals surface area contributed by atoms with E-state index in [0.717, 1.165) is 5.82 Å². The maximum absolute atomic E-state index is 4.96. The van der Waals surface area contributed by atoms with Crippen molar-refractivity contribution in [1.29, 1.82) is 0 Å². The zero-order chi connectivity index (χ0) is 6.97. The van der Waals surface area contributed by atoms with Crippen LogP contribution in [0.15, 0.2) is 11.3 Å². The predicted molar refractivity (Wildman–Crippen MR) is 40.5 cm³/mol. The van der Waals surface area contributed by atoms with Crippen LogP contribution in [0.4, 0.5) is 0 Å². The molecule has 0 bridgehead atoms. The van der Waals surface area contributed by atoms with E-state index < -0.39 is 0 Å². The Hall–Kier alpha value is -1.10. The van der Waals surface area contributed by atoms with E-state index in [4.69, 9.17) is 12.2 Å². The normalized spacial score (nSPS) is 15.4. The molecule has 10 heavy (non-hydrogen) atoms. The van der Waals surface area contributed by atoms with Gasteiger partial charge in [-0.1, -0.05) is 12.2 Å². The van der Waals surface area contributed by atoms with Gasteiger partial charge in [-0.3, -0.25) is 4.99 Å². The van der Waals surface area contributed by atoms with Gasteiger partial charge in [-0.2, -0.15) is 5.10 Å². The highest BCUT2D eigenvalue weighted by atomic mass is 32.1. The molecule has 0 aromatic carbocycles. The fourth-order valence-electron chi connectivity index (χ4n) is 0.803. The first-order chi connectivity index (χ1) is 4.88. The van der Waals surface area contributed by atoms with Crippen LogP contribution in [-0.2, 0) is 0 Å². The maximum atomic E-state index is 4.96. The molecule has 0 saturated carbocycles. The van der Waals surface area contributed by atoms with Crippen LogP contribution in [0.2, 0.25) is 0 Å². The molecule has 1 aliphatic heterocycles. The minimum absolute atomic E-state index is 0.547. The molecular weight excluding hydrogens is 148 g/mol. The summed E-state index contributed by atoms with van der Waals surface area (Å²) >= 11 is 4.96. The molecule has 1 aliphatic rings. The zero-order valence-electron chi connectivity index (χ0n) is 5.06. The van der Waals surface area contributed by atoms with Gasteiger partial charge in [0.1, 0.15) is 11.3 Å². The lowest BCUT2D eigenvalue weighted by Gasteiger charge is -2.05. The van der Waals surface area contributed by atoms with Gasteiger partial charge >= 0.3 is 0 Å². The van der Waals surface area contributed by atoms with Gasteiger partial charge < -0.3 is 0 Å². The van der Waals surface area contributed by atoms with Crippen molar-refractivity contribution in [2.75, 3.05) is 6.54 Å². The summed E-state index contributed by atoms with van der Waals surface area (Å²) in [7, 11) is 0. The van der Waals surface area contributed by atoms with Gasteiger partial charge in [0.2, 0.25) is 0 Å². The molecule has 0 radical (unpaired) electrons. The largest absolute Gasteiger partial charge is 0.282 e. The Morgan fingerprint density at radius 2 is 2.50 bits per heavy atom. The first-order valence-electron chi connectivity index (χ1n) is 2.81. The van der Waals surface area contributed by atoms with E-state index in [0.29, 0.717) is 11.5 Å². The molecule has 50 valence electrons. The van der Waals surface area contributed by atoms with Crippen LogP contribution in [-0.4, -0.2) is 32.5 Å². The second-order valence-corrected chi connectivity index (χ2v) is 2.36. The number of aliphatic imine (C=N–C) groups is 1. The Bertz CT molecular complexity index is 300. The standard InChI is InChI=1S/C5H4N4S/c10-5-2-6-1-4-7-3-8-9(4)5/h1,3H,2H2. The average Bonchev–Trinajstić information content (AvgIpc) is 2.36. The van der Waals surface area contributed by atoms with Crippen LogP contribution in [0.5, 0.6) is 0 Å². The Kier molecular flexibility index (Phi) is 1.10. The molecule has 0 aliphatic carbocycles. The summed E-state index contributed by atoms with van der Waals surface area (Å²) in [6.07, 6.45) is 3.14. The molecule has 0 unspecified atom stereocenters. The average molecular weight is 152 g/mol. The minimum atomic E-state index is 0.547. The lowest BCUT2D eigenvalue weighted by atomic mass is 10.5. The molecule has 0 N–H and O–H groups in total. The number of nitrogens with zero attached hydrogens (tertiary/aromatic N) is 4. The van der Waals surface area contributed by atoms with E-state index >= 15 is 0 Å². The third kappa shape index (κ3) is 0.672. The van der Waals surface area contributed by atoms with E-state index in [2.05, 4.69) is 15.1 Å². The van der Waals surface area contributed by atoms with Crippen molar-refractivity contribution in [3.05, 3.63) is 12.2 Å². The summed E-state index contributed by atoms with van der Waals surface area (Å²) < 4.78 is 1.61. The molecule has 0 atom stereocenters. The van der Waals surface area contributed by atoms with Gasteiger partial charge in [0.05, 0.1) is 12.8 Å². The van der Waals surface area contributed by atoms with Crippen LogP contribution in [0.3, 0.4) is 0 Å². The van der Waals surface area contributed by atoms with Crippen molar-refractivity contribution in [3.8, 4) is 0 Å². The number of fused-ring (bicyclic) bond motifs is 1. The fourth-order valence-corrected chi connectivity index (χ4v) is 1.02. The van der Waals surface area contributed by atoms with Gasteiger partial charge in [0, 0.05) is 0 Å². The number of thiocarbonyl (C=S) groups is 1. The molecule has 0 spiro atoms. The van der Waals surface area contributed by atoms with Crippen LogP contribution in [0.1, 0.15) is 5.82 Å². The summed E-state index contributed by atoms with van der Waals surface area (Å²) in [5, 5.41) is 3.91. The SMILES string of the molecule is S=C1CN=Cc2ncnn21. The van der Waals surface area contributed by atoms with Crippen molar-refractivity contribution in [2.45, 2.75) is 0 Å². The van der Waals surface area contributed by atoms with Gasteiger partial charge in [-0.25, -0.2) is 9.67 Å². The van der Waals surface area contributed by atoms with Gasteiger partial charge in [-0.05, 0) is 0 Å². The highest BCUT2D eigenvalue weighted by Gasteiger charge is 2.09. The van der Waals surface area contributed by atoms with Gasteiger partial charge in [0.25, 0.3) is 0 Å². The smallest absolute Gasteiger partial charge is 0.174 e. The Balaban J connectivity index is 2.62. The summed E-state index contributed by atoms with van der Waals surface area (Å²) in [5.41, 5.74) is 0. The Morgan fingerprint density at radius 1 is 1.60 bits per heavy atom. The Morgan fingerprint density at radius 3 is 3.30 bits per heavy atom.